The van der Waals surface area contributed by atoms with Crippen molar-refractivity contribution in [1.29, 1.82) is 0 Å². The lowest BCUT2D eigenvalue weighted by atomic mass is 9.80. The molecule has 2 aliphatic rings. The minimum Gasteiger partial charge on any atom is -0.481 e. The highest BCUT2D eigenvalue weighted by atomic mass is 16.4. The van der Waals surface area contributed by atoms with Crippen molar-refractivity contribution in [3.8, 4) is 0 Å². The predicted molar refractivity (Wildman–Crippen MR) is 63.6 cm³/mol. The molecule has 0 aromatic carbocycles. The van der Waals surface area contributed by atoms with Crippen molar-refractivity contribution >= 4 is 11.9 Å². The van der Waals surface area contributed by atoms with Crippen molar-refractivity contribution in [1.82, 2.24) is 4.90 Å². The molecule has 1 aliphatic heterocycles. The second-order valence-corrected chi connectivity index (χ2v) is 5.64. The SMILES string of the molecule is CC1(N2CC(C(=O)O)CCC2=O)CCCCC1. The number of carboxylic acids is 1. The van der Waals surface area contributed by atoms with Crippen molar-refractivity contribution in [3.05, 3.63) is 0 Å². The zero-order chi connectivity index (χ0) is 12.5. The molecule has 0 spiro atoms. The Morgan fingerprint density at radius 3 is 2.59 bits per heavy atom. The molecule has 1 N–H and O–H groups in total. The predicted octanol–water partition coefficient (Wildman–Crippen LogP) is 2.03. The number of nitrogens with zero attached hydrogens (tertiary/aromatic N) is 1. The van der Waals surface area contributed by atoms with Crippen LogP contribution in [0.4, 0.5) is 0 Å². The van der Waals surface area contributed by atoms with Gasteiger partial charge in [0.15, 0.2) is 0 Å². The summed E-state index contributed by atoms with van der Waals surface area (Å²) in [6.07, 6.45) is 6.47. The number of piperidine rings is 1. The fourth-order valence-corrected chi connectivity index (χ4v) is 3.15. The molecule has 1 saturated heterocycles. The lowest BCUT2D eigenvalue weighted by molar-refractivity contribution is -0.152. The molecule has 0 bridgehead atoms. The maximum absolute atomic E-state index is 12.0. The number of carbonyl (C=O) groups excluding carboxylic acids is 1. The number of rotatable bonds is 2. The Morgan fingerprint density at radius 1 is 1.35 bits per heavy atom. The molecule has 1 saturated carbocycles. The molecule has 1 heterocycles. The number of likely N-dealkylation sites (tertiary alicyclic amines) is 1. The summed E-state index contributed by atoms with van der Waals surface area (Å²) in [4.78, 5) is 24.9. The van der Waals surface area contributed by atoms with Gasteiger partial charge in [-0.2, -0.15) is 0 Å². The number of hydrogen-bond acceptors (Lipinski definition) is 2. The number of aliphatic carboxylic acids is 1. The third-order valence-corrected chi connectivity index (χ3v) is 4.34. The number of carboxylic acid groups (broad SMARTS) is 1. The van der Waals surface area contributed by atoms with Crippen LogP contribution in [0.2, 0.25) is 0 Å². The first-order valence-corrected chi connectivity index (χ1v) is 6.56. The van der Waals surface area contributed by atoms with E-state index in [2.05, 4.69) is 6.92 Å². The molecule has 2 rings (SSSR count). The van der Waals surface area contributed by atoms with Gasteiger partial charge in [0.2, 0.25) is 5.91 Å². The molecule has 1 amide bonds. The molecule has 4 nitrogen and oxygen atoms in total. The van der Waals surface area contributed by atoms with Crippen LogP contribution in [0.3, 0.4) is 0 Å². The van der Waals surface area contributed by atoms with Gasteiger partial charge in [-0.05, 0) is 26.2 Å². The highest BCUT2D eigenvalue weighted by Crippen LogP contribution is 2.36. The Kier molecular flexibility index (Phi) is 3.40. The van der Waals surface area contributed by atoms with Gasteiger partial charge in [-0.1, -0.05) is 19.3 Å². The van der Waals surface area contributed by atoms with Gasteiger partial charge in [0.05, 0.1) is 5.92 Å². The third-order valence-electron chi connectivity index (χ3n) is 4.34. The van der Waals surface area contributed by atoms with Crippen LogP contribution in [0.15, 0.2) is 0 Å². The normalized spacial score (nSPS) is 29.1. The van der Waals surface area contributed by atoms with Gasteiger partial charge < -0.3 is 10.0 Å². The van der Waals surface area contributed by atoms with E-state index in [9.17, 15) is 9.59 Å². The van der Waals surface area contributed by atoms with Crippen LogP contribution in [0.5, 0.6) is 0 Å². The first kappa shape index (κ1) is 12.4. The zero-order valence-electron chi connectivity index (χ0n) is 10.4. The smallest absolute Gasteiger partial charge is 0.308 e. The lowest BCUT2D eigenvalue weighted by Gasteiger charge is -2.47. The van der Waals surface area contributed by atoms with Gasteiger partial charge >= 0.3 is 5.97 Å². The quantitative estimate of drug-likeness (QED) is 0.802. The molecule has 96 valence electrons. The Hall–Kier alpha value is -1.06. The molecule has 0 aromatic rings. The van der Waals surface area contributed by atoms with E-state index in [1.807, 2.05) is 4.90 Å². The van der Waals surface area contributed by atoms with Gasteiger partial charge in [-0.3, -0.25) is 9.59 Å². The van der Waals surface area contributed by atoms with E-state index in [4.69, 9.17) is 5.11 Å². The van der Waals surface area contributed by atoms with Crippen molar-refractivity contribution in [2.75, 3.05) is 6.54 Å². The topological polar surface area (TPSA) is 57.6 Å². The van der Waals surface area contributed by atoms with Crippen LogP contribution in [-0.4, -0.2) is 34.0 Å². The molecule has 4 heteroatoms. The number of hydrogen-bond donors (Lipinski definition) is 1. The summed E-state index contributed by atoms with van der Waals surface area (Å²) in [5.41, 5.74) is -0.0938. The highest BCUT2D eigenvalue weighted by molar-refractivity contribution is 5.81. The number of amides is 1. The fraction of sp³-hybridized carbons (Fsp3) is 0.846. The molecule has 17 heavy (non-hydrogen) atoms. The molecule has 1 aliphatic carbocycles. The van der Waals surface area contributed by atoms with Gasteiger partial charge in [-0.15, -0.1) is 0 Å². The van der Waals surface area contributed by atoms with Crippen LogP contribution in [0, 0.1) is 5.92 Å². The Bertz CT molecular complexity index is 321. The second-order valence-electron chi connectivity index (χ2n) is 5.64. The van der Waals surface area contributed by atoms with Gasteiger partial charge in [-0.25, -0.2) is 0 Å². The lowest BCUT2D eigenvalue weighted by Crippen LogP contribution is -2.55. The summed E-state index contributed by atoms with van der Waals surface area (Å²) in [7, 11) is 0. The van der Waals surface area contributed by atoms with Crippen LogP contribution in [0.25, 0.3) is 0 Å². The van der Waals surface area contributed by atoms with Crippen molar-refractivity contribution in [2.45, 2.75) is 57.4 Å². The van der Waals surface area contributed by atoms with E-state index < -0.39 is 5.97 Å². The van der Waals surface area contributed by atoms with Crippen molar-refractivity contribution in [3.63, 3.8) is 0 Å². The van der Waals surface area contributed by atoms with E-state index in [1.165, 1.54) is 6.42 Å². The Labute approximate surface area is 102 Å². The minimum absolute atomic E-state index is 0.0938. The third kappa shape index (κ3) is 2.45. The molecular formula is C13H21NO3. The Morgan fingerprint density at radius 2 is 2.00 bits per heavy atom. The fourth-order valence-electron chi connectivity index (χ4n) is 3.15. The van der Waals surface area contributed by atoms with Crippen molar-refractivity contribution in [2.24, 2.45) is 5.92 Å². The van der Waals surface area contributed by atoms with E-state index >= 15 is 0 Å². The van der Waals surface area contributed by atoms with Crippen LogP contribution < -0.4 is 0 Å². The minimum atomic E-state index is -0.762. The second kappa shape index (κ2) is 4.67. The zero-order valence-corrected chi connectivity index (χ0v) is 10.4. The first-order valence-electron chi connectivity index (χ1n) is 6.56. The summed E-state index contributed by atoms with van der Waals surface area (Å²) in [5, 5.41) is 9.09. The van der Waals surface area contributed by atoms with E-state index in [1.54, 1.807) is 0 Å². The average Bonchev–Trinajstić information content (AvgIpc) is 2.30. The van der Waals surface area contributed by atoms with Gasteiger partial charge in [0.25, 0.3) is 0 Å². The van der Waals surface area contributed by atoms with E-state index in [0.29, 0.717) is 19.4 Å². The Balaban J connectivity index is 2.11. The summed E-state index contributed by atoms with van der Waals surface area (Å²) < 4.78 is 0. The molecule has 0 aromatic heterocycles. The maximum atomic E-state index is 12.0. The standard InChI is InChI=1S/C13H21NO3/c1-13(7-3-2-4-8-13)14-9-10(12(16)17)5-6-11(14)15/h10H,2-9H2,1H3,(H,16,17). The largest absolute Gasteiger partial charge is 0.481 e. The van der Waals surface area contributed by atoms with Crippen molar-refractivity contribution < 1.29 is 14.7 Å². The van der Waals surface area contributed by atoms with Crippen LogP contribution in [-0.2, 0) is 9.59 Å². The maximum Gasteiger partial charge on any atom is 0.308 e. The van der Waals surface area contributed by atoms with Crippen LogP contribution in [0.1, 0.15) is 51.9 Å². The molecule has 1 unspecified atom stereocenters. The van der Waals surface area contributed by atoms with E-state index in [-0.39, 0.29) is 17.4 Å². The summed E-state index contributed by atoms with van der Waals surface area (Å²) >= 11 is 0. The van der Waals surface area contributed by atoms with Gasteiger partial charge in [0.1, 0.15) is 0 Å². The molecule has 1 atom stereocenters. The monoisotopic (exact) mass is 239 g/mol. The summed E-state index contributed by atoms with van der Waals surface area (Å²) in [6, 6.07) is 0. The molecular weight excluding hydrogens is 218 g/mol. The van der Waals surface area contributed by atoms with Crippen LogP contribution >= 0.6 is 0 Å². The summed E-state index contributed by atoms with van der Waals surface area (Å²) in [6.45, 7) is 2.53. The summed E-state index contributed by atoms with van der Waals surface area (Å²) in [5.74, 6) is -0.986. The van der Waals surface area contributed by atoms with E-state index in [0.717, 1.165) is 25.7 Å². The molecule has 2 fully saturated rings. The van der Waals surface area contributed by atoms with Gasteiger partial charge in [0, 0.05) is 18.5 Å². The average molecular weight is 239 g/mol. The first-order chi connectivity index (χ1) is 8.03. The molecule has 0 radical (unpaired) electrons. The highest BCUT2D eigenvalue weighted by Gasteiger charge is 2.41. The number of carbonyl (C=O) groups is 2.